The van der Waals surface area contributed by atoms with E-state index in [1.165, 1.54) is 12.1 Å². The quantitative estimate of drug-likeness (QED) is 0.671. The topological polar surface area (TPSA) is 83.7 Å². The number of nitro benzene ring substituents is 1. The van der Waals surface area contributed by atoms with E-state index in [-0.39, 0.29) is 18.0 Å². The van der Waals surface area contributed by atoms with Crippen molar-refractivity contribution < 1.29 is 14.8 Å². The van der Waals surface area contributed by atoms with E-state index >= 15 is 0 Å². The number of carbonyl (C=O) groups is 1. The average molecular weight is 278 g/mol. The van der Waals surface area contributed by atoms with Gasteiger partial charge < -0.3 is 10.0 Å². The Bertz CT molecular complexity index is 518. The Labute approximate surface area is 117 Å². The van der Waals surface area contributed by atoms with Gasteiger partial charge in [-0.05, 0) is 25.3 Å². The number of hydrogen-bond donors (Lipinski definition) is 1. The predicted molar refractivity (Wildman–Crippen MR) is 73.2 cm³/mol. The number of piperidine rings is 1. The number of nitrogens with zero attached hydrogens (tertiary/aromatic N) is 2. The number of aliphatic hydroxyl groups is 1. The summed E-state index contributed by atoms with van der Waals surface area (Å²) in [6.45, 7) is 2.83. The van der Waals surface area contributed by atoms with E-state index in [1.807, 2.05) is 0 Å². The summed E-state index contributed by atoms with van der Waals surface area (Å²) >= 11 is 0. The van der Waals surface area contributed by atoms with Crippen molar-refractivity contribution in [2.24, 2.45) is 0 Å². The maximum Gasteiger partial charge on any atom is 0.269 e. The molecule has 0 spiro atoms. The second-order valence-electron chi connectivity index (χ2n) is 5.48. The Balaban J connectivity index is 1.98. The normalized spacial score (nSPS) is 17.8. The molecule has 0 unspecified atom stereocenters. The van der Waals surface area contributed by atoms with Crippen molar-refractivity contribution in [1.29, 1.82) is 0 Å². The number of nitro groups is 1. The predicted octanol–water partition coefficient (Wildman–Crippen LogP) is 1.51. The molecule has 1 saturated heterocycles. The molecule has 0 aliphatic carbocycles. The molecule has 1 aromatic carbocycles. The van der Waals surface area contributed by atoms with Gasteiger partial charge in [0.2, 0.25) is 5.91 Å². The van der Waals surface area contributed by atoms with Gasteiger partial charge in [0.15, 0.2) is 0 Å². The zero-order chi connectivity index (χ0) is 14.8. The monoisotopic (exact) mass is 278 g/mol. The van der Waals surface area contributed by atoms with Crippen molar-refractivity contribution >= 4 is 11.6 Å². The molecule has 2 rings (SSSR count). The minimum atomic E-state index is -0.692. The fraction of sp³-hybridized carbons (Fsp3) is 0.500. The second-order valence-corrected chi connectivity index (χ2v) is 5.48. The van der Waals surface area contributed by atoms with E-state index in [4.69, 9.17) is 0 Å². The minimum Gasteiger partial charge on any atom is -0.390 e. The summed E-state index contributed by atoms with van der Waals surface area (Å²) in [5.74, 6) is -0.0546. The second kappa shape index (κ2) is 5.58. The van der Waals surface area contributed by atoms with Crippen molar-refractivity contribution in [3.63, 3.8) is 0 Å². The van der Waals surface area contributed by atoms with Gasteiger partial charge in [-0.2, -0.15) is 0 Å². The van der Waals surface area contributed by atoms with Crippen molar-refractivity contribution in [1.82, 2.24) is 4.90 Å². The molecule has 6 nitrogen and oxygen atoms in total. The maximum absolute atomic E-state index is 12.1. The Kier molecular flexibility index (Phi) is 4.04. The fourth-order valence-electron chi connectivity index (χ4n) is 2.30. The van der Waals surface area contributed by atoms with Crippen LogP contribution < -0.4 is 0 Å². The SMILES string of the molecule is CC1(O)CCN(C(=O)Cc2cccc([N+](=O)[O-])c2)CC1. The van der Waals surface area contributed by atoms with Gasteiger partial charge in [-0.3, -0.25) is 14.9 Å². The Morgan fingerprint density at radius 3 is 2.70 bits per heavy atom. The smallest absolute Gasteiger partial charge is 0.269 e. The first kappa shape index (κ1) is 14.5. The molecule has 1 aliphatic rings. The third-order valence-corrected chi connectivity index (χ3v) is 3.67. The van der Waals surface area contributed by atoms with E-state index in [0.29, 0.717) is 31.5 Å². The highest BCUT2D eigenvalue weighted by Gasteiger charge is 2.29. The van der Waals surface area contributed by atoms with Crippen LogP contribution in [0.4, 0.5) is 5.69 Å². The number of likely N-dealkylation sites (tertiary alicyclic amines) is 1. The molecule has 1 N–H and O–H groups in total. The summed E-state index contributed by atoms with van der Waals surface area (Å²) in [6.07, 6.45) is 1.28. The molecule has 1 fully saturated rings. The number of non-ortho nitro benzene ring substituents is 1. The third kappa shape index (κ3) is 3.54. The lowest BCUT2D eigenvalue weighted by atomic mass is 9.93. The molecular formula is C14H18N2O4. The molecule has 0 saturated carbocycles. The molecule has 1 aliphatic heterocycles. The highest BCUT2D eigenvalue weighted by molar-refractivity contribution is 5.79. The minimum absolute atomic E-state index is 0.00289. The van der Waals surface area contributed by atoms with Crippen molar-refractivity contribution in [3.05, 3.63) is 39.9 Å². The zero-order valence-corrected chi connectivity index (χ0v) is 11.4. The summed E-state index contributed by atoms with van der Waals surface area (Å²) in [6, 6.07) is 6.14. The van der Waals surface area contributed by atoms with Gasteiger partial charge in [-0.1, -0.05) is 12.1 Å². The highest BCUT2D eigenvalue weighted by atomic mass is 16.6. The molecule has 20 heavy (non-hydrogen) atoms. The molecule has 0 aromatic heterocycles. The third-order valence-electron chi connectivity index (χ3n) is 3.67. The average Bonchev–Trinajstić information content (AvgIpc) is 2.38. The van der Waals surface area contributed by atoms with Crippen LogP contribution in [0, 0.1) is 10.1 Å². The fourth-order valence-corrected chi connectivity index (χ4v) is 2.30. The lowest BCUT2D eigenvalue weighted by molar-refractivity contribution is -0.384. The molecule has 1 aromatic rings. The standard InChI is InChI=1S/C14H18N2O4/c1-14(18)5-7-15(8-6-14)13(17)10-11-3-2-4-12(9-11)16(19)20/h2-4,9,18H,5-8,10H2,1H3. The van der Waals surface area contributed by atoms with E-state index in [0.717, 1.165) is 0 Å². The van der Waals surface area contributed by atoms with Crippen LogP contribution in [0.15, 0.2) is 24.3 Å². The van der Waals surface area contributed by atoms with Gasteiger partial charge >= 0.3 is 0 Å². The lowest BCUT2D eigenvalue weighted by Crippen LogP contribution is -2.45. The number of carbonyl (C=O) groups excluding carboxylic acids is 1. The zero-order valence-electron chi connectivity index (χ0n) is 11.4. The van der Waals surface area contributed by atoms with Gasteiger partial charge in [0.25, 0.3) is 5.69 Å². The molecular weight excluding hydrogens is 260 g/mol. The van der Waals surface area contributed by atoms with Crippen LogP contribution in [-0.2, 0) is 11.2 Å². The van der Waals surface area contributed by atoms with Crippen molar-refractivity contribution in [3.8, 4) is 0 Å². The van der Waals surface area contributed by atoms with Crippen LogP contribution in [-0.4, -0.2) is 39.5 Å². The summed E-state index contributed by atoms with van der Waals surface area (Å²) in [7, 11) is 0. The van der Waals surface area contributed by atoms with E-state index in [1.54, 1.807) is 24.0 Å². The van der Waals surface area contributed by atoms with Crippen LogP contribution >= 0.6 is 0 Å². The largest absolute Gasteiger partial charge is 0.390 e. The Morgan fingerprint density at radius 2 is 2.10 bits per heavy atom. The number of amides is 1. The van der Waals surface area contributed by atoms with Crippen LogP contribution in [0.2, 0.25) is 0 Å². The van der Waals surface area contributed by atoms with Gasteiger partial charge in [0.05, 0.1) is 16.9 Å². The first-order chi connectivity index (χ1) is 9.37. The Hall–Kier alpha value is -1.95. The first-order valence-electron chi connectivity index (χ1n) is 6.61. The molecule has 108 valence electrons. The molecule has 0 atom stereocenters. The lowest BCUT2D eigenvalue weighted by Gasteiger charge is -2.35. The molecule has 1 amide bonds. The van der Waals surface area contributed by atoms with Crippen molar-refractivity contribution in [2.75, 3.05) is 13.1 Å². The van der Waals surface area contributed by atoms with Crippen LogP contribution in [0.25, 0.3) is 0 Å². The molecule has 1 heterocycles. The van der Waals surface area contributed by atoms with Crippen LogP contribution in [0.3, 0.4) is 0 Å². The summed E-state index contributed by atoms with van der Waals surface area (Å²) < 4.78 is 0. The first-order valence-corrected chi connectivity index (χ1v) is 6.61. The van der Waals surface area contributed by atoms with E-state index < -0.39 is 10.5 Å². The van der Waals surface area contributed by atoms with Crippen LogP contribution in [0.1, 0.15) is 25.3 Å². The van der Waals surface area contributed by atoms with Gasteiger partial charge in [-0.25, -0.2) is 0 Å². The van der Waals surface area contributed by atoms with E-state index in [2.05, 4.69) is 0 Å². The van der Waals surface area contributed by atoms with Crippen molar-refractivity contribution in [2.45, 2.75) is 31.8 Å². The highest BCUT2D eigenvalue weighted by Crippen LogP contribution is 2.22. The summed E-state index contributed by atoms with van der Waals surface area (Å²) in [4.78, 5) is 24.1. The van der Waals surface area contributed by atoms with Gasteiger partial charge in [-0.15, -0.1) is 0 Å². The number of hydrogen-bond acceptors (Lipinski definition) is 4. The Morgan fingerprint density at radius 1 is 1.45 bits per heavy atom. The summed E-state index contributed by atoms with van der Waals surface area (Å²) in [5.41, 5.74) is -0.0547. The van der Waals surface area contributed by atoms with Gasteiger partial charge in [0, 0.05) is 25.2 Å². The van der Waals surface area contributed by atoms with Gasteiger partial charge in [0.1, 0.15) is 0 Å². The molecule has 0 radical (unpaired) electrons. The summed E-state index contributed by atoms with van der Waals surface area (Å²) in [5, 5.41) is 20.5. The van der Waals surface area contributed by atoms with E-state index in [9.17, 15) is 20.0 Å². The number of rotatable bonds is 3. The molecule has 6 heteroatoms. The maximum atomic E-state index is 12.1. The number of benzene rings is 1. The molecule has 0 bridgehead atoms. The van der Waals surface area contributed by atoms with Crippen LogP contribution in [0.5, 0.6) is 0 Å².